The Morgan fingerprint density at radius 1 is 1.17 bits per heavy atom. The van der Waals surface area contributed by atoms with Gasteiger partial charge in [-0.15, -0.1) is 0 Å². The van der Waals surface area contributed by atoms with Gasteiger partial charge in [0.2, 0.25) is 5.91 Å². The van der Waals surface area contributed by atoms with Crippen LogP contribution in [0.4, 0.5) is 4.39 Å². The van der Waals surface area contributed by atoms with Crippen molar-refractivity contribution in [2.24, 2.45) is 0 Å². The molecule has 162 valence electrons. The third kappa shape index (κ3) is 6.73. The second-order valence-corrected chi connectivity index (χ2v) is 7.47. The van der Waals surface area contributed by atoms with Gasteiger partial charge in [-0.25, -0.2) is 4.39 Å². The SMILES string of the molecule is CCCNC(=O)[C@H](CC)N(Cc1ccc(F)cc1)C(=O)COc1ccc(Cl)c(C)c1. The first-order chi connectivity index (χ1) is 14.3. The third-order valence-corrected chi connectivity index (χ3v) is 5.12. The minimum atomic E-state index is -0.648. The van der Waals surface area contributed by atoms with Crippen LogP contribution in [-0.2, 0) is 16.1 Å². The van der Waals surface area contributed by atoms with Gasteiger partial charge in [0.15, 0.2) is 6.61 Å². The van der Waals surface area contributed by atoms with E-state index in [9.17, 15) is 14.0 Å². The molecule has 0 aliphatic carbocycles. The van der Waals surface area contributed by atoms with Crippen molar-refractivity contribution in [1.82, 2.24) is 10.2 Å². The summed E-state index contributed by atoms with van der Waals surface area (Å²) in [4.78, 5) is 27.2. The zero-order valence-corrected chi connectivity index (χ0v) is 18.3. The van der Waals surface area contributed by atoms with E-state index in [1.54, 1.807) is 30.3 Å². The summed E-state index contributed by atoms with van der Waals surface area (Å²) in [5.74, 6) is -0.371. The number of carbonyl (C=O) groups is 2. The molecule has 2 amide bonds. The maximum Gasteiger partial charge on any atom is 0.261 e. The zero-order chi connectivity index (χ0) is 22.1. The Morgan fingerprint density at radius 3 is 2.47 bits per heavy atom. The van der Waals surface area contributed by atoms with Gasteiger partial charge in [0, 0.05) is 18.1 Å². The van der Waals surface area contributed by atoms with Gasteiger partial charge in [-0.2, -0.15) is 0 Å². The van der Waals surface area contributed by atoms with E-state index in [2.05, 4.69) is 5.32 Å². The van der Waals surface area contributed by atoms with Gasteiger partial charge in [0.25, 0.3) is 5.91 Å². The molecule has 0 saturated heterocycles. The van der Waals surface area contributed by atoms with Crippen LogP contribution in [0.25, 0.3) is 0 Å². The lowest BCUT2D eigenvalue weighted by molar-refractivity contribution is -0.143. The Bertz CT molecular complexity index is 858. The topological polar surface area (TPSA) is 58.6 Å². The lowest BCUT2D eigenvalue weighted by Crippen LogP contribution is -2.50. The number of nitrogens with zero attached hydrogens (tertiary/aromatic N) is 1. The number of hydrogen-bond donors (Lipinski definition) is 1. The first-order valence-corrected chi connectivity index (χ1v) is 10.4. The van der Waals surface area contributed by atoms with E-state index in [1.165, 1.54) is 17.0 Å². The predicted octanol–water partition coefficient (Wildman–Crippen LogP) is 4.50. The Morgan fingerprint density at radius 2 is 1.87 bits per heavy atom. The van der Waals surface area contributed by atoms with Gasteiger partial charge >= 0.3 is 0 Å². The molecule has 0 unspecified atom stereocenters. The molecule has 5 nitrogen and oxygen atoms in total. The Hall–Kier alpha value is -2.60. The monoisotopic (exact) mass is 434 g/mol. The average Bonchev–Trinajstić information content (AvgIpc) is 2.74. The van der Waals surface area contributed by atoms with Gasteiger partial charge < -0.3 is 15.0 Å². The number of halogens is 2. The van der Waals surface area contributed by atoms with Crippen molar-refractivity contribution in [2.75, 3.05) is 13.2 Å². The second-order valence-electron chi connectivity index (χ2n) is 7.06. The Kier molecular flexibility index (Phi) is 9.12. The molecule has 0 aromatic heterocycles. The van der Waals surface area contributed by atoms with Crippen LogP contribution in [0.5, 0.6) is 5.75 Å². The van der Waals surface area contributed by atoms with E-state index >= 15 is 0 Å². The minimum Gasteiger partial charge on any atom is -0.484 e. The molecule has 0 aliphatic rings. The molecular formula is C23H28ClFN2O3. The number of amides is 2. The van der Waals surface area contributed by atoms with Crippen LogP contribution in [0, 0.1) is 12.7 Å². The van der Waals surface area contributed by atoms with E-state index in [1.807, 2.05) is 20.8 Å². The summed E-state index contributed by atoms with van der Waals surface area (Å²) in [7, 11) is 0. The largest absolute Gasteiger partial charge is 0.484 e. The van der Waals surface area contributed by atoms with Gasteiger partial charge in [-0.1, -0.05) is 37.6 Å². The van der Waals surface area contributed by atoms with Crippen LogP contribution in [0.15, 0.2) is 42.5 Å². The number of carbonyl (C=O) groups excluding carboxylic acids is 2. The molecule has 2 aromatic carbocycles. The molecule has 0 aliphatic heterocycles. The molecule has 30 heavy (non-hydrogen) atoms. The fourth-order valence-electron chi connectivity index (χ4n) is 3.01. The van der Waals surface area contributed by atoms with Crippen molar-refractivity contribution in [3.8, 4) is 5.75 Å². The summed E-state index contributed by atoms with van der Waals surface area (Å²) in [5, 5.41) is 3.47. The molecule has 1 atom stereocenters. The smallest absolute Gasteiger partial charge is 0.261 e. The van der Waals surface area contributed by atoms with Crippen molar-refractivity contribution in [3.63, 3.8) is 0 Å². The van der Waals surface area contributed by atoms with Crippen LogP contribution in [0.2, 0.25) is 5.02 Å². The third-order valence-electron chi connectivity index (χ3n) is 4.69. The fraction of sp³-hybridized carbons (Fsp3) is 0.391. The van der Waals surface area contributed by atoms with Gasteiger partial charge in [-0.05, 0) is 61.2 Å². The molecule has 0 spiro atoms. The van der Waals surface area contributed by atoms with Gasteiger partial charge in [0.05, 0.1) is 0 Å². The average molecular weight is 435 g/mol. The van der Waals surface area contributed by atoms with E-state index < -0.39 is 6.04 Å². The predicted molar refractivity (Wildman–Crippen MR) is 116 cm³/mol. The fourth-order valence-corrected chi connectivity index (χ4v) is 3.12. The Labute approximate surface area is 182 Å². The highest BCUT2D eigenvalue weighted by molar-refractivity contribution is 6.31. The number of aryl methyl sites for hydroxylation is 1. The van der Waals surface area contributed by atoms with E-state index in [-0.39, 0.29) is 30.8 Å². The number of nitrogens with one attached hydrogen (secondary N) is 1. The van der Waals surface area contributed by atoms with E-state index in [0.29, 0.717) is 23.7 Å². The van der Waals surface area contributed by atoms with Gasteiger partial charge in [0.1, 0.15) is 17.6 Å². The van der Waals surface area contributed by atoms with Crippen LogP contribution in [0.1, 0.15) is 37.8 Å². The number of ether oxygens (including phenoxy) is 1. The molecule has 0 heterocycles. The lowest BCUT2D eigenvalue weighted by atomic mass is 10.1. The summed E-state index contributed by atoms with van der Waals surface area (Å²) in [6.07, 6.45) is 1.25. The standard InChI is InChI=1S/C23H28ClFN2O3/c1-4-12-26-23(29)21(5-2)27(14-17-6-8-18(25)9-7-17)22(28)15-30-19-10-11-20(24)16(3)13-19/h6-11,13,21H,4-5,12,14-15H2,1-3H3,(H,26,29)/t21-/m0/s1. The van der Waals surface area contributed by atoms with Crippen molar-refractivity contribution in [2.45, 2.75) is 46.2 Å². The quantitative estimate of drug-likeness (QED) is 0.599. The first-order valence-electron chi connectivity index (χ1n) is 10.1. The van der Waals surface area contributed by atoms with Crippen molar-refractivity contribution in [1.29, 1.82) is 0 Å². The highest BCUT2D eigenvalue weighted by Gasteiger charge is 2.28. The summed E-state index contributed by atoms with van der Waals surface area (Å²) < 4.78 is 18.9. The molecule has 0 saturated carbocycles. The highest BCUT2D eigenvalue weighted by atomic mass is 35.5. The first kappa shape index (κ1) is 23.7. The molecule has 0 radical (unpaired) electrons. The minimum absolute atomic E-state index is 0.181. The summed E-state index contributed by atoms with van der Waals surface area (Å²) >= 11 is 6.03. The maximum atomic E-state index is 13.3. The summed E-state index contributed by atoms with van der Waals surface area (Å²) in [6, 6.07) is 10.4. The molecule has 1 N–H and O–H groups in total. The second kappa shape index (κ2) is 11.6. The number of benzene rings is 2. The highest BCUT2D eigenvalue weighted by Crippen LogP contribution is 2.21. The zero-order valence-electron chi connectivity index (χ0n) is 17.6. The molecule has 2 aromatic rings. The Balaban J connectivity index is 2.18. The van der Waals surface area contributed by atoms with Crippen LogP contribution in [0.3, 0.4) is 0 Å². The normalized spacial score (nSPS) is 11.6. The van der Waals surface area contributed by atoms with Crippen molar-refractivity contribution >= 4 is 23.4 Å². The van der Waals surface area contributed by atoms with E-state index in [4.69, 9.17) is 16.3 Å². The number of rotatable bonds is 10. The molecule has 0 bridgehead atoms. The molecule has 0 fully saturated rings. The van der Waals surface area contributed by atoms with Crippen LogP contribution >= 0.6 is 11.6 Å². The summed E-state index contributed by atoms with van der Waals surface area (Å²) in [5.41, 5.74) is 1.57. The number of hydrogen-bond acceptors (Lipinski definition) is 3. The lowest BCUT2D eigenvalue weighted by Gasteiger charge is -2.30. The van der Waals surface area contributed by atoms with Crippen molar-refractivity contribution in [3.05, 3.63) is 64.4 Å². The molecule has 7 heteroatoms. The van der Waals surface area contributed by atoms with E-state index in [0.717, 1.165) is 17.5 Å². The maximum absolute atomic E-state index is 13.3. The van der Waals surface area contributed by atoms with Crippen LogP contribution in [-0.4, -0.2) is 35.9 Å². The molecule has 2 rings (SSSR count). The van der Waals surface area contributed by atoms with Crippen LogP contribution < -0.4 is 10.1 Å². The molecular weight excluding hydrogens is 407 g/mol. The van der Waals surface area contributed by atoms with Gasteiger partial charge in [-0.3, -0.25) is 9.59 Å². The van der Waals surface area contributed by atoms with Crippen molar-refractivity contribution < 1.29 is 18.7 Å². The summed E-state index contributed by atoms with van der Waals surface area (Å²) in [6.45, 7) is 6.16.